The van der Waals surface area contributed by atoms with Gasteiger partial charge in [0.2, 0.25) is 0 Å². The van der Waals surface area contributed by atoms with Crippen LogP contribution in [-0.2, 0) is 6.42 Å². The molecule has 0 bridgehead atoms. The minimum Gasteiger partial charge on any atom is -0.497 e. The SMILES string of the molecule is CCCCCNC(=O)c1ccc(C(=O)NCCc2cccc(OC)c2)cc1. The van der Waals surface area contributed by atoms with Crippen LogP contribution in [0.1, 0.15) is 52.5 Å². The molecule has 2 N–H and O–H groups in total. The van der Waals surface area contributed by atoms with Crippen molar-refractivity contribution in [1.82, 2.24) is 10.6 Å². The summed E-state index contributed by atoms with van der Waals surface area (Å²) in [5.41, 5.74) is 2.22. The van der Waals surface area contributed by atoms with Crippen LogP contribution in [0, 0.1) is 0 Å². The Morgan fingerprint density at radius 1 is 0.889 bits per heavy atom. The Bertz CT molecular complexity index is 741. The van der Waals surface area contributed by atoms with Gasteiger partial charge in [-0.25, -0.2) is 0 Å². The molecule has 5 nitrogen and oxygen atoms in total. The van der Waals surface area contributed by atoms with Crippen LogP contribution in [0.4, 0.5) is 0 Å². The van der Waals surface area contributed by atoms with Gasteiger partial charge in [0.15, 0.2) is 0 Å². The molecule has 0 aromatic heterocycles. The van der Waals surface area contributed by atoms with Gasteiger partial charge in [0.05, 0.1) is 7.11 Å². The van der Waals surface area contributed by atoms with E-state index in [4.69, 9.17) is 4.74 Å². The molecule has 0 unspecified atom stereocenters. The molecular formula is C22H28N2O3. The number of amides is 2. The van der Waals surface area contributed by atoms with Gasteiger partial charge in [-0.15, -0.1) is 0 Å². The van der Waals surface area contributed by atoms with E-state index in [1.807, 2.05) is 24.3 Å². The van der Waals surface area contributed by atoms with Crippen LogP contribution < -0.4 is 15.4 Å². The molecule has 0 radical (unpaired) electrons. The van der Waals surface area contributed by atoms with E-state index in [0.717, 1.165) is 37.0 Å². The van der Waals surface area contributed by atoms with E-state index in [2.05, 4.69) is 17.6 Å². The number of carbonyl (C=O) groups is 2. The summed E-state index contributed by atoms with van der Waals surface area (Å²) >= 11 is 0. The summed E-state index contributed by atoms with van der Waals surface area (Å²) in [4.78, 5) is 24.3. The second-order valence-electron chi connectivity index (χ2n) is 6.40. The molecule has 2 rings (SSSR count). The molecule has 0 aliphatic heterocycles. The van der Waals surface area contributed by atoms with Gasteiger partial charge in [-0.2, -0.15) is 0 Å². The van der Waals surface area contributed by atoms with E-state index in [-0.39, 0.29) is 11.8 Å². The summed E-state index contributed by atoms with van der Waals surface area (Å²) < 4.78 is 5.20. The van der Waals surface area contributed by atoms with Crippen molar-refractivity contribution in [1.29, 1.82) is 0 Å². The molecule has 0 fully saturated rings. The third-order valence-corrected chi connectivity index (χ3v) is 4.31. The number of hydrogen-bond acceptors (Lipinski definition) is 3. The molecule has 0 aliphatic carbocycles. The zero-order valence-corrected chi connectivity index (χ0v) is 16.1. The normalized spacial score (nSPS) is 10.3. The zero-order chi connectivity index (χ0) is 19.5. The van der Waals surface area contributed by atoms with Gasteiger partial charge in [-0.1, -0.05) is 31.9 Å². The second-order valence-corrected chi connectivity index (χ2v) is 6.40. The minimum absolute atomic E-state index is 0.101. The minimum atomic E-state index is -0.146. The molecule has 0 heterocycles. The van der Waals surface area contributed by atoms with Crippen molar-refractivity contribution in [2.24, 2.45) is 0 Å². The maximum absolute atomic E-state index is 12.2. The molecule has 0 spiro atoms. The van der Waals surface area contributed by atoms with Gasteiger partial charge in [0, 0.05) is 24.2 Å². The summed E-state index contributed by atoms with van der Waals surface area (Å²) in [5.74, 6) is 0.561. The summed E-state index contributed by atoms with van der Waals surface area (Å²) in [6, 6.07) is 14.5. The van der Waals surface area contributed by atoms with E-state index in [9.17, 15) is 9.59 Å². The van der Waals surface area contributed by atoms with Gasteiger partial charge in [0.1, 0.15) is 5.75 Å². The van der Waals surface area contributed by atoms with E-state index < -0.39 is 0 Å². The van der Waals surface area contributed by atoms with Crippen molar-refractivity contribution in [3.8, 4) is 5.75 Å². The quantitative estimate of drug-likeness (QED) is 0.630. The number of benzene rings is 2. The van der Waals surface area contributed by atoms with Crippen molar-refractivity contribution in [3.63, 3.8) is 0 Å². The molecule has 2 amide bonds. The Labute approximate surface area is 161 Å². The van der Waals surface area contributed by atoms with Crippen LogP contribution in [0.25, 0.3) is 0 Å². The number of nitrogens with one attached hydrogen (secondary N) is 2. The van der Waals surface area contributed by atoms with Gasteiger partial charge in [-0.05, 0) is 54.8 Å². The predicted octanol–water partition coefficient (Wildman–Crippen LogP) is 3.59. The Hall–Kier alpha value is -2.82. The second kappa shape index (κ2) is 11.0. The van der Waals surface area contributed by atoms with Crippen molar-refractivity contribution in [2.75, 3.05) is 20.2 Å². The predicted molar refractivity (Wildman–Crippen MR) is 107 cm³/mol. The fourth-order valence-electron chi connectivity index (χ4n) is 2.70. The molecular weight excluding hydrogens is 340 g/mol. The van der Waals surface area contributed by atoms with Crippen molar-refractivity contribution in [3.05, 3.63) is 65.2 Å². The summed E-state index contributed by atoms with van der Waals surface area (Å²) in [6.07, 6.45) is 3.93. The fraction of sp³-hybridized carbons (Fsp3) is 0.364. The first-order chi connectivity index (χ1) is 13.1. The maximum atomic E-state index is 12.2. The number of ether oxygens (including phenoxy) is 1. The third kappa shape index (κ3) is 6.77. The molecule has 27 heavy (non-hydrogen) atoms. The number of methoxy groups -OCH3 is 1. The Morgan fingerprint density at radius 2 is 1.52 bits per heavy atom. The van der Waals surface area contributed by atoms with Crippen LogP contribution in [0.3, 0.4) is 0 Å². The first kappa shape index (κ1) is 20.5. The van der Waals surface area contributed by atoms with E-state index in [1.54, 1.807) is 31.4 Å². The summed E-state index contributed by atoms with van der Waals surface area (Å²) in [7, 11) is 1.63. The first-order valence-corrected chi connectivity index (χ1v) is 9.43. The lowest BCUT2D eigenvalue weighted by atomic mass is 10.1. The number of carbonyl (C=O) groups excluding carboxylic acids is 2. The highest BCUT2D eigenvalue weighted by Crippen LogP contribution is 2.12. The lowest BCUT2D eigenvalue weighted by molar-refractivity contribution is 0.0941. The van der Waals surface area contributed by atoms with Crippen molar-refractivity contribution in [2.45, 2.75) is 32.6 Å². The molecule has 2 aromatic carbocycles. The standard InChI is InChI=1S/C22H28N2O3/c1-3-4-5-14-23-21(25)18-9-11-19(12-10-18)22(26)24-15-13-17-7-6-8-20(16-17)27-2/h6-12,16H,3-5,13-15H2,1-2H3,(H,23,25)(H,24,26). The monoisotopic (exact) mass is 368 g/mol. The van der Waals surface area contributed by atoms with Gasteiger partial charge in [-0.3, -0.25) is 9.59 Å². The number of rotatable bonds is 10. The first-order valence-electron chi connectivity index (χ1n) is 9.43. The highest BCUT2D eigenvalue weighted by Gasteiger charge is 2.08. The van der Waals surface area contributed by atoms with Crippen molar-refractivity contribution < 1.29 is 14.3 Å². The lowest BCUT2D eigenvalue weighted by Crippen LogP contribution is -2.26. The molecule has 0 aliphatic rings. The summed E-state index contributed by atoms with van der Waals surface area (Å²) in [5, 5.41) is 5.80. The smallest absolute Gasteiger partial charge is 0.251 e. The van der Waals surface area contributed by atoms with Crippen LogP contribution in [0.15, 0.2) is 48.5 Å². The summed E-state index contributed by atoms with van der Waals surface area (Å²) in [6.45, 7) is 3.34. The maximum Gasteiger partial charge on any atom is 0.251 e. The molecule has 0 atom stereocenters. The van der Waals surface area contributed by atoms with Gasteiger partial charge < -0.3 is 15.4 Å². The highest BCUT2D eigenvalue weighted by atomic mass is 16.5. The van der Waals surface area contributed by atoms with Crippen LogP contribution in [-0.4, -0.2) is 32.0 Å². The zero-order valence-electron chi connectivity index (χ0n) is 16.1. The number of unbranched alkanes of at least 4 members (excludes halogenated alkanes) is 2. The molecule has 0 saturated carbocycles. The molecule has 144 valence electrons. The van der Waals surface area contributed by atoms with Crippen LogP contribution in [0.5, 0.6) is 5.75 Å². The van der Waals surface area contributed by atoms with Crippen LogP contribution >= 0.6 is 0 Å². The lowest BCUT2D eigenvalue weighted by Gasteiger charge is -2.08. The van der Waals surface area contributed by atoms with Crippen molar-refractivity contribution >= 4 is 11.8 Å². The highest BCUT2D eigenvalue weighted by molar-refractivity contribution is 5.97. The topological polar surface area (TPSA) is 67.4 Å². The van der Waals surface area contributed by atoms with Gasteiger partial charge >= 0.3 is 0 Å². The Morgan fingerprint density at radius 3 is 2.11 bits per heavy atom. The Balaban J connectivity index is 1.79. The van der Waals surface area contributed by atoms with Crippen LogP contribution in [0.2, 0.25) is 0 Å². The van der Waals surface area contributed by atoms with E-state index in [0.29, 0.717) is 24.2 Å². The fourth-order valence-corrected chi connectivity index (χ4v) is 2.70. The van der Waals surface area contributed by atoms with E-state index in [1.165, 1.54) is 0 Å². The molecule has 0 saturated heterocycles. The largest absolute Gasteiger partial charge is 0.497 e. The van der Waals surface area contributed by atoms with E-state index >= 15 is 0 Å². The average Bonchev–Trinajstić information content (AvgIpc) is 2.71. The van der Waals surface area contributed by atoms with Gasteiger partial charge in [0.25, 0.3) is 11.8 Å². The molecule has 2 aromatic rings. The Kier molecular flexibility index (Phi) is 8.36. The average molecular weight is 368 g/mol. The third-order valence-electron chi connectivity index (χ3n) is 4.31. The number of hydrogen-bond donors (Lipinski definition) is 2. The molecule has 5 heteroatoms.